The van der Waals surface area contributed by atoms with Gasteiger partial charge in [0.15, 0.2) is 11.5 Å². The van der Waals surface area contributed by atoms with Crippen LogP contribution in [0, 0.1) is 12.8 Å². The highest BCUT2D eigenvalue weighted by Gasteiger charge is 2.28. The number of pyridine rings is 1. The molecule has 1 saturated heterocycles. The molecule has 1 N–H and O–H groups in total. The van der Waals surface area contributed by atoms with E-state index in [1.54, 1.807) is 11.1 Å². The lowest BCUT2D eigenvalue weighted by molar-refractivity contribution is -0.134. The summed E-state index contributed by atoms with van der Waals surface area (Å²) in [4.78, 5) is 31.4. The summed E-state index contributed by atoms with van der Waals surface area (Å²) in [5.41, 5.74) is 0.922. The van der Waals surface area contributed by atoms with E-state index in [-0.39, 0.29) is 17.7 Å². The van der Waals surface area contributed by atoms with Gasteiger partial charge in [0, 0.05) is 25.7 Å². The van der Waals surface area contributed by atoms with E-state index in [1.165, 1.54) is 0 Å². The predicted molar refractivity (Wildman–Crippen MR) is 119 cm³/mol. The van der Waals surface area contributed by atoms with E-state index >= 15 is 0 Å². The quantitative estimate of drug-likeness (QED) is 0.618. The fraction of sp³-hybridized carbons (Fsp3) is 0.458. The van der Waals surface area contributed by atoms with Gasteiger partial charge >= 0.3 is 0 Å². The van der Waals surface area contributed by atoms with Crippen molar-refractivity contribution in [2.75, 3.05) is 31.6 Å². The Kier molecular flexibility index (Phi) is 8.27. The first-order chi connectivity index (χ1) is 15.1. The first-order valence-corrected chi connectivity index (χ1v) is 10.9. The second-order valence-corrected chi connectivity index (χ2v) is 7.67. The number of hydrogen-bond donors (Lipinski definition) is 1. The van der Waals surface area contributed by atoms with Crippen LogP contribution in [0.25, 0.3) is 0 Å². The van der Waals surface area contributed by atoms with E-state index in [0.717, 1.165) is 18.4 Å². The van der Waals surface area contributed by atoms with Crippen LogP contribution >= 0.6 is 0 Å². The number of likely N-dealkylation sites (tertiary alicyclic amines) is 1. The summed E-state index contributed by atoms with van der Waals surface area (Å²) in [5.74, 6) is 1.76. The summed E-state index contributed by atoms with van der Waals surface area (Å²) in [6.45, 7) is 5.99. The highest BCUT2D eigenvalue weighted by Crippen LogP contribution is 2.26. The molecule has 0 aliphatic carbocycles. The van der Waals surface area contributed by atoms with Gasteiger partial charge in [-0.2, -0.15) is 0 Å². The summed E-state index contributed by atoms with van der Waals surface area (Å²) < 4.78 is 11.3. The number of amides is 2. The van der Waals surface area contributed by atoms with E-state index in [4.69, 9.17) is 9.47 Å². The molecule has 166 valence electrons. The number of nitrogens with zero attached hydrogens (tertiary/aromatic N) is 2. The summed E-state index contributed by atoms with van der Waals surface area (Å²) in [6.07, 6.45) is 4.26. The van der Waals surface area contributed by atoms with Crippen molar-refractivity contribution in [1.29, 1.82) is 0 Å². The number of carbonyl (C=O) groups excluding carboxylic acids is 2. The van der Waals surface area contributed by atoms with E-state index in [1.807, 2.05) is 50.2 Å². The second kappa shape index (κ2) is 11.3. The Morgan fingerprint density at radius 1 is 1.16 bits per heavy atom. The van der Waals surface area contributed by atoms with Crippen molar-refractivity contribution in [3.05, 3.63) is 48.2 Å². The average molecular weight is 426 g/mol. The molecule has 2 heterocycles. The van der Waals surface area contributed by atoms with Crippen LogP contribution < -0.4 is 14.8 Å². The Labute approximate surface area is 183 Å². The zero-order valence-corrected chi connectivity index (χ0v) is 18.3. The number of anilines is 1. The van der Waals surface area contributed by atoms with Gasteiger partial charge in [-0.05, 0) is 56.9 Å². The molecular weight excluding hydrogens is 394 g/mol. The Morgan fingerprint density at radius 2 is 1.94 bits per heavy atom. The van der Waals surface area contributed by atoms with Gasteiger partial charge in [-0.1, -0.05) is 18.2 Å². The fourth-order valence-electron chi connectivity index (χ4n) is 3.66. The number of rotatable bonds is 9. The molecule has 1 unspecified atom stereocenters. The minimum absolute atomic E-state index is 0.0632. The topological polar surface area (TPSA) is 80.8 Å². The third-order valence-electron chi connectivity index (χ3n) is 5.34. The molecule has 0 spiro atoms. The monoisotopic (exact) mass is 425 g/mol. The number of piperidine rings is 1. The molecule has 1 aromatic carbocycles. The van der Waals surface area contributed by atoms with Crippen molar-refractivity contribution in [1.82, 2.24) is 9.88 Å². The van der Waals surface area contributed by atoms with Gasteiger partial charge in [0.05, 0.1) is 19.1 Å². The van der Waals surface area contributed by atoms with Crippen LogP contribution in [0.15, 0.2) is 42.6 Å². The molecule has 1 aromatic heterocycles. The number of aromatic nitrogens is 1. The lowest BCUT2D eigenvalue weighted by Gasteiger charge is -2.32. The first kappa shape index (κ1) is 22.6. The van der Waals surface area contributed by atoms with Crippen LogP contribution in [0.5, 0.6) is 11.5 Å². The molecular formula is C24H31N3O4. The third-order valence-corrected chi connectivity index (χ3v) is 5.34. The molecule has 2 aromatic rings. The largest absolute Gasteiger partial charge is 0.490 e. The number of ether oxygens (including phenoxy) is 2. The molecule has 1 atom stereocenters. The van der Waals surface area contributed by atoms with Gasteiger partial charge in [-0.3, -0.25) is 9.59 Å². The molecule has 7 nitrogen and oxygen atoms in total. The molecule has 3 rings (SSSR count). The Balaban J connectivity index is 1.44. The van der Waals surface area contributed by atoms with Crippen LogP contribution in [0.3, 0.4) is 0 Å². The van der Waals surface area contributed by atoms with Crippen molar-refractivity contribution < 1.29 is 19.1 Å². The molecule has 0 bridgehead atoms. The van der Waals surface area contributed by atoms with Crippen LogP contribution in [0.1, 0.15) is 38.2 Å². The number of para-hydroxylation sites is 2. The molecule has 1 aliphatic rings. The lowest BCUT2D eigenvalue weighted by Crippen LogP contribution is -2.43. The maximum atomic E-state index is 12.7. The summed E-state index contributed by atoms with van der Waals surface area (Å²) in [5, 5.41) is 2.91. The van der Waals surface area contributed by atoms with E-state index < -0.39 is 0 Å². The first-order valence-electron chi connectivity index (χ1n) is 10.9. The van der Waals surface area contributed by atoms with Gasteiger partial charge in [0.1, 0.15) is 5.82 Å². The highest BCUT2D eigenvalue weighted by molar-refractivity contribution is 5.92. The smallest absolute Gasteiger partial charge is 0.230 e. The lowest BCUT2D eigenvalue weighted by atomic mass is 9.96. The van der Waals surface area contributed by atoms with Crippen LogP contribution in [-0.4, -0.2) is 48.0 Å². The molecule has 0 radical (unpaired) electrons. The second-order valence-electron chi connectivity index (χ2n) is 7.67. The predicted octanol–water partition coefficient (Wildman–Crippen LogP) is 3.83. The van der Waals surface area contributed by atoms with Crippen LogP contribution in [0.4, 0.5) is 5.82 Å². The van der Waals surface area contributed by atoms with Crippen molar-refractivity contribution in [3.8, 4) is 11.5 Å². The minimum atomic E-state index is -0.214. The van der Waals surface area contributed by atoms with E-state index in [9.17, 15) is 9.59 Å². The van der Waals surface area contributed by atoms with Gasteiger partial charge in [0.2, 0.25) is 11.8 Å². The Bertz CT molecular complexity index is 887. The summed E-state index contributed by atoms with van der Waals surface area (Å²) >= 11 is 0. The van der Waals surface area contributed by atoms with Crippen molar-refractivity contribution in [3.63, 3.8) is 0 Å². The number of hydrogen-bond acceptors (Lipinski definition) is 5. The Morgan fingerprint density at radius 3 is 2.68 bits per heavy atom. The molecule has 0 saturated carbocycles. The van der Waals surface area contributed by atoms with Gasteiger partial charge in [-0.15, -0.1) is 0 Å². The normalized spacial score (nSPS) is 15.9. The maximum absolute atomic E-state index is 12.7. The minimum Gasteiger partial charge on any atom is -0.490 e. The number of carbonyl (C=O) groups is 2. The van der Waals surface area contributed by atoms with E-state index in [0.29, 0.717) is 56.5 Å². The van der Waals surface area contributed by atoms with Gasteiger partial charge in [-0.25, -0.2) is 4.98 Å². The van der Waals surface area contributed by atoms with Crippen molar-refractivity contribution >= 4 is 17.6 Å². The summed E-state index contributed by atoms with van der Waals surface area (Å²) in [6, 6.07) is 11.3. The van der Waals surface area contributed by atoms with Crippen molar-refractivity contribution in [2.45, 2.75) is 39.5 Å². The van der Waals surface area contributed by atoms with Crippen molar-refractivity contribution in [2.24, 2.45) is 5.92 Å². The van der Waals surface area contributed by atoms with Crippen LogP contribution in [-0.2, 0) is 9.59 Å². The molecule has 7 heteroatoms. The average Bonchev–Trinajstić information content (AvgIpc) is 2.79. The van der Waals surface area contributed by atoms with Crippen LogP contribution in [0.2, 0.25) is 0 Å². The number of nitrogens with one attached hydrogen (secondary N) is 1. The molecule has 1 aliphatic heterocycles. The van der Waals surface area contributed by atoms with E-state index in [2.05, 4.69) is 10.3 Å². The SMILES string of the molecule is CCOc1ccccc1OCCCC(=O)N1CCCC(C(=O)Nc2ncccc2C)C1. The van der Waals surface area contributed by atoms with Gasteiger partial charge < -0.3 is 19.7 Å². The zero-order chi connectivity index (χ0) is 22.1. The molecule has 31 heavy (non-hydrogen) atoms. The highest BCUT2D eigenvalue weighted by atomic mass is 16.5. The summed E-state index contributed by atoms with van der Waals surface area (Å²) in [7, 11) is 0. The number of benzene rings is 1. The number of aryl methyl sites for hydroxylation is 1. The fourth-order valence-corrected chi connectivity index (χ4v) is 3.66. The zero-order valence-electron chi connectivity index (χ0n) is 18.3. The Hall–Kier alpha value is -3.09. The maximum Gasteiger partial charge on any atom is 0.230 e. The third kappa shape index (κ3) is 6.44. The molecule has 2 amide bonds. The molecule has 1 fully saturated rings. The standard InChI is InChI=1S/C24H31N3O4/c1-3-30-20-11-4-5-12-21(20)31-16-8-13-22(28)27-15-7-10-19(17-27)24(29)26-23-18(2)9-6-14-25-23/h4-6,9,11-12,14,19H,3,7-8,10,13,15-17H2,1-2H3,(H,25,26,29). The van der Waals surface area contributed by atoms with Gasteiger partial charge in [0.25, 0.3) is 0 Å².